The molecule has 2 aromatic carbocycles. The van der Waals surface area contributed by atoms with Crippen LogP contribution in [0, 0.1) is 0 Å². The van der Waals surface area contributed by atoms with E-state index < -0.39 is 12.9 Å². The fourth-order valence-electron chi connectivity index (χ4n) is 3.71. The third-order valence-corrected chi connectivity index (χ3v) is 8.09. The van der Waals surface area contributed by atoms with Crippen LogP contribution in [0.5, 0.6) is 0 Å². The summed E-state index contributed by atoms with van der Waals surface area (Å²) in [6.45, 7) is 3.78. The summed E-state index contributed by atoms with van der Waals surface area (Å²) >= 11 is 0. The Kier molecular flexibility index (Phi) is 5.20. The zero-order valence-corrected chi connectivity index (χ0v) is 17.0. The molecule has 0 bridgehead atoms. The zero-order valence-electron chi connectivity index (χ0n) is 16.1. The Hall–Kier alpha value is -2.26. The summed E-state index contributed by atoms with van der Waals surface area (Å²) < 4.78 is 26.8. The van der Waals surface area contributed by atoms with E-state index in [1.54, 1.807) is 6.20 Å². The van der Waals surface area contributed by atoms with Crippen molar-refractivity contribution in [1.82, 2.24) is 4.98 Å². The Labute approximate surface area is 165 Å². The molecule has 5 heteroatoms. The van der Waals surface area contributed by atoms with Gasteiger partial charge in [-0.3, -0.25) is 4.98 Å². The van der Waals surface area contributed by atoms with Gasteiger partial charge in [0.05, 0.1) is 5.69 Å². The van der Waals surface area contributed by atoms with E-state index in [9.17, 15) is 4.57 Å². The molecular weight excluding hydrogens is 369 g/mol. The molecule has 0 unspecified atom stereocenters. The molecule has 1 fully saturated rings. The topological polar surface area (TPSA) is 48.4 Å². The van der Waals surface area contributed by atoms with Crippen LogP contribution in [0.4, 0.5) is 0 Å². The predicted octanol–water partition coefficient (Wildman–Crippen LogP) is 4.29. The molecule has 2 heterocycles. The lowest BCUT2D eigenvalue weighted by Crippen LogP contribution is -2.29. The minimum absolute atomic E-state index is 0.353. The first kappa shape index (κ1) is 19.1. The van der Waals surface area contributed by atoms with Crippen molar-refractivity contribution in [3.8, 4) is 0 Å². The predicted molar refractivity (Wildman–Crippen MR) is 112 cm³/mol. The number of aromatic nitrogens is 1. The average molecular weight is 393 g/mol. The van der Waals surface area contributed by atoms with E-state index in [1.165, 1.54) is 0 Å². The van der Waals surface area contributed by atoms with Crippen molar-refractivity contribution in [3.63, 3.8) is 0 Å². The molecule has 0 aliphatic carbocycles. The van der Waals surface area contributed by atoms with Crippen LogP contribution >= 0.6 is 7.14 Å². The maximum absolute atomic E-state index is 14.4. The highest BCUT2D eigenvalue weighted by molar-refractivity contribution is 7.78. The van der Waals surface area contributed by atoms with Gasteiger partial charge < -0.3 is 14.0 Å². The molecule has 0 amide bonds. The first-order valence-corrected chi connectivity index (χ1v) is 11.3. The summed E-state index contributed by atoms with van der Waals surface area (Å²) in [5, 5.41) is 1.66. The van der Waals surface area contributed by atoms with Gasteiger partial charge in [-0.15, -0.1) is 0 Å². The SMILES string of the molecule is CC1(C)O[C@@H](CP(=O)(c2ccccc2)c2ccccc2)[C@H](c2ccccn2)O1. The molecule has 2 atom stereocenters. The third kappa shape index (κ3) is 3.81. The molecule has 4 rings (SSSR count). The smallest absolute Gasteiger partial charge is 0.164 e. The summed E-state index contributed by atoms with van der Waals surface area (Å²) in [7, 11) is -2.92. The zero-order chi connectivity index (χ0) is 19.6. The van der Waals surface area contributed by atoms with Crippen LogP contribution in [0.2, 0.25) is 0 Å². The van der Waals surface area contributed by atoms with E-state index in [0.717, 1.165) is 16.3 Å². The van der Waals surface area contributed by atoms with Crippen LogP contribution in [-0.2, 0) is 14.0 Å². The molecule has 1 aromatic heterocycles. The van der Waals surface area contributed by atoms with Gasteiger partial charge in [0.15, 0.2) is 5.79 Å². The highest BCUT2D eigenvalue weighted by atomic mass is 31.2. The highest BCUT2D eigenvalue weighted by Crippen LogP contribution is 2.49. The normalized spacial score (nSPS) is 21.5. The Balaban J connectivity index is 1.75. The van der Waals surface area contributed by atoms with Crippen LogP contribution in [0.3, 0.4) is 0 Å². The number of ether oxygens (including phenoxy) is 2. The monoisotopic (exact) mass is 393 g/mol. The van der Waals surface area contributed by atoms with E-state index in [2.05, 4.69) is 4.98 Å². The van der Waals surface area contributed by atoms with Crippen molar-refractivity contribution in [2.75, 3.05) is 6.16 Å². The van der Waals surface area contributed by atoms with Crippen LogP contribution in [0.25, 0.3) is 0 Å². The van der Waals surface area contributed by atoms with Gasteiger partial charge in [-0.05, 0) is 26.0 Å². The maximum Gasteiger partial charge on any atom is 0.164 e. The second-order valence-electron chi connectivity index (χ2n) is 7.44. The number of pyridine rings is 1. The number of benzene rings is 2. The van der Waals surface area contributed by atoms with E-state index >= 15 is 0 Å². The van der Waals surface area contributed by atoms with Gasteiger partial charge in [0.2, 0.25) is 0 Å². The third-order valence-electron chi connectivity index (χ3n) is 4.95. The summed E-state index contributed by atoms with van der Waals surface area (Å²) in [5.41, 5.74) is 0.797. The molecule has 144 valence electrons. The van der Waals surface area contributed by atoms with Gasteiger partial charge in [-0.25, -0.2) is 0 Å². The van der Waals surface area contributed by atoms with E-state index in [4.69, 9.17) is 9.47 Å². The Bertz CT molecular complexity index is 917. The van der Waals surface area contributed by atoms with E-state index in [-0.39, 0.29) is 12.2 Å². The van der Waals surface area contributed by atoms with Crippen molar-refractivity contribution < 1.29 is 14.0 Å². The molecule has 1 aliphatic rings. The average Bonchev–Trinajstić information content (AvgIpc) is 3.04. The molecular formula is C23H24NO3P. The lowest BCUT2D eigenvalue weighted by Gasteiger charge is -2.25. The number of hydrogen-bond acceptors (Lipinski definition) is 4. The number of hydrogen-bond donors (Lipinski definition) is 0. The van der Waals surface area contributed by atoms with Gasteiger partial charge in [0, 0.05) is 23.0 Å². The fourth-order valence-corrected chi connectivity index (χ4v) is 6.51. The van der Waals surface area contributed by atoms with Gasteiger partial charge in [-0.2, -0.15) is 0 Å². The molecule has 3 aromatic rings. The highest BCUT2D eigenvalue weighted by Gasteiger charge is 2.46. The van der Waals surface area contributed by atoms with Crippen LogP contribution in [0.1, 0.15) is 25.6 Å². The van der Waals surface area contributed by atoms with E-state index in [1.807, 2.05) is 92.7 Å². The first-order valence-electron chi connectivity index (χ1n) is 9.45. The fraction of sp³-hybridized carbons (Fsp3) is 0.261. The molecule has 28 heavy (non-hydrogen) atoms. The minimum atomic E-state index is -2.92. The molecule has 1 saturated heterocycles. The summed E-state index contributed by atoms with van der Waals surface area (Å²) in [4.78, 5) is 4.46. The van der Waals surface area contributed by atoms with Gasteiger partial charge >= 0.3 is 0 Å². The van der Waals surface area contributed by atoms with Crippen LogP contribution < -0.4 is 10.6 Å². The lowest BCUT2D eigenvalue weighted by atomic mass is 10.1. The van der Waals surface area contributed by atoms with Crippen LogP contribution in [-0.4, -0.2) is 23.0 Å². The largest absolute Gasteiger partial charge is 0.344 e. The van der Waals surface area contributed by atoms with Crippen molar-refractivity contribution >= 4 is 17.8 Å². The Morgan fingerprint density at radius 2 is 1.43 bits per heavy atom. The molecule has 0 spiro atoms. The summed E-state index contributed by atoms with van der Waals surface area (Å²) in [6.07, 6.45) is 1.37. The van der Waals surface area contributed by atoms with Gasteiger partial charge in [0.1, 0.15) is 19.3 Å². The molecule has 1 aliphatic heterocycles. The summed E-state index contributed by atoms with van der Waals surface area (Å²) in [6, 6.07) is 25.1. The van der Waals surface area contributed by atoms with Crippen molar-refractivity contribution in [2.24, 2.45) is 0 Å². The quantitative estimate of drug-likeness (QED) is 0.607. The van der Waals surface area contributed by atoms with Gasteiger partial charge in [-0.1, -0.05) is 66.7 Å². The standard InChI is InChI=1S/C23H24NO3P/c1-23(2)26-21(22(27-23)20-15-9-10-16-24-20)17-28(25,18-11-5-3-6-12-18)19-13-7-4-8-14-19/h3-16,21-22H,17H2,1-2H3/t21-,22-/m0/s1. The van der Waals surface area contributed by atoms with Crippen LogP contribution in [0.15, 0.2) is 85.1 Å². The second kappa shape index (κ2) is 7.63. The Morgan fingerprint density at radius 1 is 0.857 bits per heavy atom. The Morgan fingerprint density at radius 3 is 1.96 bits per heavy atom. The second-order valence-corrected chi connectivity index (χ2v) is 10.3. The minimum Gasteiger partial charge on any atom is -0.344 e. The van der Waals surface area contributed by atoms with Crippen molar-refractivity contribution in [1.29, 1.82) is 0 Å². The lowest BCUT2D eigenvalue weighted by molar-refractivity contribution is -0.145. The molecule has 4 nitrogen and oxygen atoms in total. The molecule has 0 saturated carbocycles. The molecule has 0 radical (unpaired) electrons. The number of rotatable bonds is 5. The van der Waals surface area contributed by atoms with Crippen molar-refractivity contribution in [2.45, 2.75) is 31.8 Å². The van der Waals surface area contributed by atoms with Gasteiger partial charge in [0.25, 0.3) is 0 Å². The van der Waals surface area contributed by atoms with Crippen molar-refractivity contribution in [3.05, 3.63) is 90.8 Å². The summed E-state index contributed by atoms with van der Waals surface area (Å²) in [5.74, 6) is -0.759. The van der Waals surface area contributed by atoms with E-state index in [0.29, 0.717) is 6.16 Å². The number of nitrogens with zero attached hydrogens (tertiary/aromatic N) is 1. The maximum atomic E-state index is 14.4. The first-order chi connectivity index (χ1) is 13.5. The molecule has 0 N–H and O–H groups in total.